The number of fused-ring (bicyclic) bond motifs is 2. The molecule has 0 unspecified atom stereocenters. The molecular formula is C19H13N3O3S2. The van der Waals surface area contributed by atoms with E-state index in [1.165, 1.54) is 22.3 Å². The lowest BCUT2D eigenvalue weighted by Gasteiger charge is -2.18. The van der Waals surface area contributed by atoms with Gasteiger partial charge in [0.15, 0.2) is 11.5 Å². The maximum absolute atomic E-state index is 12.9. The van der Waals surface area contributed by atoms with Crippen LogP contribution >= 0.6 is 22.7 Å². The Kier molecular flexibility index (Phi) is 3.99. The van der Waals surface area contributed by atoms with Crippen molar-refractivity contribution in [3.63, 3.8) is 0 Å². The van der Waals surface area contributed by atoms with Gasteiger partial charge in [0.2, 0.25) is 0 Å². The van der Waals surface area contributed by atoms with Gasteiger partial charge in [0.25, 0.3) is 5.56 Å². The van der Waals surface area contributed by atoms with Gasteiger partial charge in [-0.2, -0.15) is 9.78 Å². The van der Waals surface area contributed by atoms with Gasteiger partial charge in [-0.3, -0.25) is 4.79 Å². The van der Waals surface area contributed by atoms with Gasteiger partial charge < -0.3 is 9.47 Å². The molecule has 0 saturated carbocycles. The molecule has 0 N–H and O–H groups in total. The summed E-state index contributed by atoms with van der Waals surface area (Å²) in [5.74, 6) is 1.40. The normalized spacial score (nSPS) is 13.5. The molecule has 1 aliphatic rings. The Morgan fingerprint density at radius 1 is 1.15 bits per heavy atom. The van der Waals surface area contributed by atoms with Gasteiger partial charge in [0.1, 0.15) is 24.4 Å². The second kappa shape index (κ2) is 6.64. The average molecular weight is 395 g/mol. The van der Waals surface area contributed by atoms with Crippen molar-refractivity contribution < 1.29 is 9.47 Å². The lowest BCUT2D eigenvalue weighted by molar-refractivity contribution is 0.171. The van der Waals surface area contributed by atoms with Gasteiger partial charge in [-0.05, 0) is 35.2 Å². The van der Waals surface area contributed by atoms with Gasteiger partial charge in [-0.25, -0.2) is 4.98 Å². The van der Waals surface area contributed by atoms with E-state index >= 15 is 0 Å². The Balaban J connectivity index is 1.54. The summed E-state index contributed by atoms with van der Waals surface area (Å²) in [5.41, 5.74) is 1.54. The zero-order valence-electron chi connectivity index (χ0n) is 14.0. The molecule has 0 spiro atoms. The summed E-state index contributed by atoms with van der Waals surface area (Å²) in [5, 5.41) is 8.87. The third-order valence-electron chi connectivity index (χ3n) is 4.16. The fraction of sp³-hybridized carbons (Fsp3) is 0.105. The first-order valence-electron chi connectivity index (χ1n) is 8.26. The maximum atomic E-state index is 12.9. The minimum Gasteiger partial charge on any atom is -0.486 e. The highest BCUT2D eigenvalue weighted by molar-refractivity contribution is 7.18. The van der Waals surface area contributed by atoms with Gasteiger partial charge >= 0.3 is 0 Å². The van der Waals surface area contributed by atoms with Crippen LogP contribution < -0.4 is 15.0 Å². The average Bonchev–Trinajstić information content (AvgIpc) is 3.37. The molecule has 0 amide bonds. The number of aromatic nitrogens is 2. The van der Waals surface area contributed by atoms with E-state index < -0.39 is 0 Å². The van der Waals surface area contributed by atoms with Crippen LogP contribution in [-0.4, -0.2) is 29.1 Å². The van der Waals surface area contributed by atoms with E-state index in [1.54, 1.807) is 17.6 Å². The smallest absolute Gasteiger partial charge is 0.283 e. The van der Waals surface area contributed by atoms with E-state index in [9.17, 15) is 4.79 Å². The maximum Gasteiger partial charge on any atom is 0.283 e. The summed E-state index contributed by atoms with van der Waals surface area (Å²) in [6.07, 6.45) is 3.07. The summed E-state index contributed by atoms with van der Waals surface area (Å²) >= 11 is 3.06. The SMILES string of the molecule is O=c1c2c(-c3cccs3)csc2ncn1/N=C\c1ccc2c(c1)OCCO2. The summed E-state index contributed by atoms with van der Waals surface area (Å²) in [6.45, 7) is 1.08. The Labute approximate surface area is 162 Å². The lowest BCUT2D eigenvalue weighted by atomic mass is 10.2. The van der Waals surface area contributed by atoms with Crippen molar-refractivity contribution in [3.8, 4) is 21.9 Å². The second-order valence-corrected chi connectivity index (χ2v) is 7.65. The highest BCUT2D eigenvalue weighted by Gasteiger charge is 2.14. The zero-order valence-corrected chi connectivity index (χ0v) is 15.6. The Morgan fingerprint density at radius 2 is 2.04 bits per heavy atom. The topological polar surface area (TPSA) is 65.7 Å². The first-order valence-corrected chi connectivity index (χ1v) is 10.0. The van der Waals surface area contributed by atoms with Gasteiger partial charge in [0.05, 0.1) is 11.6 Å². The summed E-state index contributed by atoms with van der Waals surface area (Å²) in [6, 6.07) is 9.53. The van der Waals surface area contributed by atoms with Crippen molar-refractivity contribution in [2.75, 3.05) is 13.2 Å². The fourth-order valence-electron chi connectivity index (χ4n) is 2.89. The van der Waals surface area contributed by atoms with Crippen LogP contribution in [0.15, 0.2) is 57.3 Å². The molecule has 0 fully saturated rings. The van der Waals surface area contributed by atoms with Crippen LogP contribution in [-0.2, 0) is 0 Å². The van der Waals surface area contributed by atoms with Crippen LogP contribution in [0.1, 0.15) is 5.56 Å². The molecule has 5 rings (SSSR count). The molecular weight excluding hydrogens is 382 g/mol. The minimum atomic E-state index is -0.182. The molecule has 134 valence electrons. The van der Waals surface area contributed by atoms with E-state index in [-0.39, 0.29) is 5.56 Å². The number of nitrogens with zero attached hydrogens (tertiary/aromatic N) is 3. The molecule has 1 aromatic carbocycles. The summed E-state index contributed by atoms with van der Waals surface area (Å²) in [7, 11) is 0. The number of hydrogen-bond acceptors (Lipinski definition) is 7. The molecule has 0 atom stereocenters. The number of hydrogen-bond donors (Lipinski definition) is 0. The molecule has 6 nitrogen and oxygen atoms in total. The van der Waals surface area contributed by atoms with Gasteiger partial charge in [-0.15, -0.1) is 22.7 Å². The minimum absolute atomic E-state index is 0.182. The highest BCUT2D eigenvalue weighted by atomic mass is 32.1. The Bertz CT molecular complexity index is 1210. The zero-order chi connectivity index (χ0) is 18.2. The third kappa shape index (κ3) is 2.92. The molecule has 1 aliphatic heterocycles. The number of thiophene rings is 2. The van der Waals surface area contributed by atoms with Gasteiger partial charge in [-0.1, -0.05) is 6.07 Å². The monoisotopic (exact) mass is 395 g/mol. The second-order valence-electron chi connectivity index (χ2n) is 5.85. The standard InChI is InChI=1S/C19H13N3O3S2/c23-19-17-13(16-2-1-7-26-16)10-27-18(17)20-11-22(19)21-9-12-3-4-14-15(8-12)25-6-5-24-14/h1-4,7-11H,5-6H2/b21-9-. The van der Waals surface area contributed by atoms with Crippen LogP contribution in [0.4, 0.5) is 0 Å². The van der Waals surface area contributed by atoms with Crippen molar-refractivity contribution in [2.24, 2.45) is 5.10 Å². The summed E-state index contributed by atoms with van der Waals surface area (Å²) in [4.78, 5) is 19.1. The van der Waals surface area contributed by atoms with Gasteiger partial charge in [0, 0.05) is 15.8 Å². The first-order chi connectivity index (χ1) is 13.3. The third-order valence-corrected chi connectivity index (χ3v) is 5.95. The molecule has 0 aliphatic carbocycles. The van der Waals surface area contributed by atoms with E-state index in [2.05, 4.69) is 10.1 Å². The quantitative estimate of drug-likeness (QED) is 0.495. The molecule has 0 radical (unpaired) electrons. The molecule has 4 aromatic rings. The predicted molar refractivity (Wildman–Crippen MR) is 108 cm³/mol. The van der Waals surface area contributed by atoms with Crippen LogP contribution in [0.3, 0.4) is 0 Å². The van der Waals surface area contributed by atoms with Crippen LogP contribution in [0, 0.1) is 0 Å². The lowest BCUT2D eigenvalue weighted by Crippen LogP contribution is -2.17. The molecule has 27 heavy (non-hydrogen) atoms. The highest BCUT2D eigenvalue weighted by Crippen LogP contribution is 2.33. The molecule has 4 heterocycles. The van der Waals surface area contributed by atoms with Crippen LogP contribution in [0.5, 0.6) is 11.5 Å². The number of ether oxygens (including phenoxy) is 2. The van der Waals surface area contributed by atoms with Crippen molar-refractivity contribution in [1.29, 1.82) is 0 Å². The van der Waals surface area contributed by atoms with E-state index in [4.69, 9.17) is 9.47 Å². The van der Waals surface area contributed by atoms with Crippen molar-refractivity contribution in [2.45, 2.75) is 0 Å². The number of benzene rings is 1. The molecule has 0 bridgehead atoms. The van der Waals surface area contributed by atoms with Crippen molar-refractivity contribution in [1.82, 2.24) is 9.66 Å². The Hall–Kier alpha value is -2.97. The van der Waals surface area contributed by atoms with Crippen LogP contribution in [0.25, 0.3) is 20.7 Å². The fourth-order valence-corrected chi connectivity index (χ4v) is 4.61. The van der Waals surface area contributed by atoms with Crippen LogP contribution in [0.2, 0.25) is 0 Å². The first kappa shape index (κ1) is 16.2. The molecule has 3 aromatic heterocycles. The number of rotatable bonds is 3. The van der Waals surface area contributed by atoms with E-state index in [0.29, 0.717) is 29.2 Å². The largest absolute Gasteiger partial charge is 0.486 e. The predicted octanol–water partition coefficient (Wildman–Crippen LogP) is 3.84. The van der Waals surface area contributed by atoms with E-state index in [1.807, 2.05) is 41.1 Å². The van der Waals surface area contributed by atoms with E-state index in [0.717, 1.165) is 21.8 Å². The summed E-state index contributed by atoms with van der Waals surface area (Å²) < 4.78 is 12.4. The molecule has 8 heteroatoms. The van der Waals surface area contributed by atoms with Crippen molar-refractivity contribution >= 4 is 39.1 Å². The van der Waals surface area contributed by atoms with Crippen molar-refractivity contribution in [3.05, 3.63) is 63.3 Å². The molecule has 0 saturated heterocycles. The Morgan fingerprint density at radius 3 is 2.89 bits per heavy atom.